The molecule has 262 valence electrons. The molecule has 2 fully saturated rings. The van der Waals surface area contributed by atoms with Crippen molar-refractivity contribution in [2.45, 2.75) is 102 Å². The molecule has 3 unspecified atom stereocenters. The maximum atomic E-state index is 7.13. The monoisotopic (exact) mass is 674 g/mol. The molecular formula is C44H50O6. The van der Waals surface area contributed by atoms with E-state index in [1.54, 1.807) is 0 Å². The van der Waals surface area contributed by atoms with E-state index in [-0.39, 0.29) is 0 Å². The Kier molecular flexibility index (Phi) is 11.9. The summed E-state index contributed by atoms with van der Waals surface area (Å²) in [6.07, 6.45) is 5.39. The van der Waals surface area contributed by atoms with Crippen LogP contribution in [-0.2, 0) is 54.8 Å². The van der Waals surface area contributed by atoms with E-state index in [0.717, 1.165) is 35.1 Å². The Labute approximate surface area is 297 Å². The predicted octanol–water partition coefficient (Wildman–Crippen LogP) is 8.98. The summed E-state index contributed by atoms with van der Waals surface area (Å²) in [4.78, 5) is 0. The molecule has 7 rings (SSSR count). The minimum Gasteiger partial charge on any atom is -0.374 e. The van der Waals surface area contributed by atoms with Crippen LogP contribution in [-0.4, -0.2) is 42.9 Å². The Hall–Kier alpha value is -3.62. The van der Waals surface area contributed by atoms with Crippen LogP contribution < -0.4 is 0 Å². The van der Waals surface area contributed by atoms with E-state index in [0.29, 0.717) is 39.0 Å². The summed E-state index contributed by atoms with van der Waals surface area (Å²) < 4.78 is 41.1. The van der Waals surface area contributed by atoms with Crippen molar-refractivity contribution in [3.63, 3.8) is 0 Å². The van der Waals surface area contributed by atoms with Crippen molar-refractivity contribution in [1.82, 2.24) is 0 Å². The molecule has 1 aliphatic heterocycles. The maximum Gasteiger partial charge on any atom is 0.187 e. The van der Waals surface area contributed by atoms with Crippen LogP contribution >= 0.6 is 0 Å². The van der Waals surface area contributed by atoms with Gasteiger partial charge in [0.25, 0.3) is 0 Å². The molecule has 4 aromatic carbocycles. The molecule has 0 spiro atoms. The molecule has 0 amide bonds. The van der Waals surface area contributed by atoms with Crippen LogP contribution in [0.15, 0.2) is 133 Å². The topological polar surface area (TPSA) is 55.4 Å². The first-order valence-corrected chi connectivity index (χ1v) is 18.2. The standard InChI is InChI=1S/C44H50O6/c1-44(26-37-23-14-24-38(25-37)27-44)50-43-42(48-31-36-21-12-5-13-22-36)41(47-30-35-19-10-4-11-20-35)40(46-29-34-17-8-3-9-18-34)39(49-43)32-45-28-33-15-6-2-7-16-33/h2-13,15-22,26,38-43H,14,23-25,27-32H2,1H3/t38?,39-,40-,41+,42-,43?,44?/m1/s1. The Morgan fingerprint density at radius 3 is 1.66 bits per heavy atom. The van der Waals surface area contributed by atoms with Crippen molar-refractivity contribution in [3.05, 3.63) is 155 Å². The van der Waals surface area contributed by atoms with Crippen molar-refractivity contribution in [3.8, 4) is 0 Å². The number of hydrogen-bond acceptors (Lipinski definition) is 6. The quantitative estimate of drug-likeness (QED) is 0.117. The maximum absolute atomic E-state index is 7.13. The summed E-state index contributed by atoms with van der Waals surface area (Å²) >= 11 is 0. The summed E-state index contributed by atoms with van der Waals surface area (Å²) in [5, 5.41) is 0. The molecular weight excluding hydrogens is 624 g/mol. The molecule has 0 N–H and O–H groups in total. The molecule has 7 atom stereocenters. The van der Waals surface area contributed by atoms with Crippen LogP contribution in [0.3, 0.4) is 0 Å². The zero-order valence-electron chi connectivity index (χ0n) is 29.1. The van der Waals surface area contributed by atoms with Crippen molar-refractivity contribution >= 4 is 0 Å². The molecule has 2 bridgehead atoms. The molecule has 1 saturated heterocycles. The fraction of sp³-hybridized carbons (Fsp3) is 0.409. The number of allylic oxidation sites excluding steroid dienone is 1. The second-order valence-corrected chi connectivity index (χ2v) is 14.2. The van der Waals surface area contributed by atoms with Crippen molar-refractivity contribution < 1.29 is 28.4 Å². The van der Waals surface area contributed by atoms with Crippen LogP contribution in [0.4, 0.5) is 0 Å². The van der Waals surface area contributed by atoms with Crippen molar-refractivity contribution in [2.75, 3.05) is 6.61 Å². The van der Waals surface area contributed by atoms with E-state index in [2.05, 4.69) is 61.5 Å². The molecule has 50 heavy (non-hydrogen) atoms. The summed E-state index contributed by atoms with van der Waals surface area (Å²) in [5.74, 6) is 0.623. The smallest absolute Gasteiger partial charge is 0.187 e. The lowest BCUT2D eigenvalue weighted by Gasteiger charge is -2.49. The highest BCUT2D eigenvalue weighted by Gasteiger charge is 2.51. The van der Waals surface area contributed by atoms with Gasteiger partial charge in [0.1, 0.15) is 24.4 Å². The molecule has 1 heterocycles. The van der Waals surface area contributed by atoms with Gasteiger partial charge in [-0.1, -0.05) is 133 Å². The average molecular weight is 675 g/mol. The molecule has 3 aliphatic rings. The highest BCUT2D eigenvalue weighted by Crippen LogP contribution is 2.43. The minimum absolute atomic E-state index is 0.311. The van der Waals surface area contributed by atoms with Gasteiger partial charge in [-0.3, -0.25) is 0 Å². The first-order valence-electron chi connectivity index (χ1n) is 18.2. The van der Waals surface area contributed by atoms with E-state index in [4.69, 9.17) is 28.4 Å². The highest BCUT2D eigenvalue weighted by atomic mass is 16.7. The summed E-state index contributed by atoms with van der Waals surface area (Å²) in [7, 11) is 0. The minimum atomic E-state index is -0.706. The highest BCUT2D eigenvalue weighted by molar-refractivity contribution is 5.20. The van der Waals surface area contributed by atoms with Gasteiger partial charge in [-0.25, -0.2) is 0 Å². The fourth-order valence-corrected chi connectivity index (χ4v) is 7.75. The van der Waals surface area contributed by atoms with Crippen LogP contribution in [0.2, 0.25) is 0 Å². The van der Waals surface area contributed by atoms with Crippen LogP contribution in [0.5, 0.6) is 0 Å². The Morgan fingerprint density at radius 2 is 1.12 bits per heavy atom. The molecule has 4 aromatic rings. The second kappa shape index (κ2) is 17.1. The molecule has 2 aliphatic carbocycles. The zero-order chi connectivity index (χ0) is 34.0. The van der Waals surface area contributed by atoms with Crippen molar-refractivity contribution in [1.29, 1.82) is 0 Å². The summed E-state index contributed by atoms with van der Waals surface area (Å²) in [6, 6.07) is 41.0. The SMILES string of the molecule is CC1(OC2O[C@H](COCc3ccccc3)[C@@H](OCc3ccccc3)[C@H](OCc3ccccc3)[C@H]2OCc2ccccc2)C=C2CCCC(C2)C1. The van der Waals surface area contributed by atoms with E-state index in [1.807, 2.05) is 72.8 Å². The van der Waals surface area contributed by atoms with Gasteiger partial charge in [0.05, 0.1) is 38.6 Å². The van der Waals surface area contributed by atoms with E-state index in [1.165, 1.54) is 24.8 Å². The van der Waals surface area contributed by atoms with Gasteiger partial charge in [0.2, 0.25) is 0 Å². The average Bonchev–Trinajstić information content (AvgIpc) is 3.14. The van der Waals surface area contributed by atoms with Gasteiger partial charge >= 0.3 is 0 Å². The second-order valence-electron chi connectivity index (χ2n) is 14.2. The van der Waals surface area contributed by atoms with Gasteiger partial charge in [-0.15, -0.1) is 0 Å². The summed E-state index contributed by atoms with van der Waals surface area (Å²) in [5.41, 5.74) is 5.35. The number of fused-ring (bicyclic) bond motifs is 2. The third kappa shape index (κ3) is 9.38. The van der Waals surface area contributed by atoms with Crippen LogP contribution in [0, 0.1) is 5.92 Å². The molecule has 1 saturated carbocycles. The number of rotatable bonds is 15. The lowest BCUT2D eigenvalue weighted by molar-refractivity contribution is -0.344. The number of benzene rings is 4. The van der Waals surface area contributed by atoms with Gasteiger partial charge in [-0.2, -0.15) is 0 Å². The van der Waals surface area contributed by atoms with Crippen molar-refractivity contribution in [2.24, 2.45) is 5.92 Å². The number of ether oxygens (including phenoxy) is 6. The summed E-state index contributed by atoms with van der Waals surface area (Å²) in [6.45, 7) is 4.17. The van der Waals surface area contributed by atoms with Crippen LogP contribution in [0.25, 0.3) is 0 Å². The zero-order valence-corrected chi connectivity index (χ0v) is 29.1. The van der Waals surface area contributed by atoms with Gasteiger partial charge in [0, 0.05) is 0 Å². The molecule has 6 nitrogen and oxygen atoms in total. The Balaban J connectivity index is 1.21. The van der Waals surface area contributed by atoms with Gasteiger partial charge in [0.15, 0.2) is 6.29 Å². The lowest BCUT2D eigenvalue weighted by Crippen LogP contribution is -2.63. The first-order chi connectivity index (χ1) is 24.6. The normalized spacial score (nSPS) is 27.8. The molecule has 0 radical (unpaired) electrons. The van der Waals surface area contributed by atoms with Crippen LogP contribution in [0.1, 0.15) is 61.3 Å². The van der Waals surface area contributed by atoms with Gasteiger partial charge < -0.3 is 28.4 Å². The Morgan fingerprint density at radius 1 is 0.620 bits per heavy atom. The third-order valence-electron chi connectivity index (χ3n) is 10.1. The largest absolute Gasteiger partial charge is 0.374 e. The van der Waals surface area contributed by atoms with E-state index in [9.17, 15) is 0 Å². The lowest BCUT2D eigenvalue weighted by atomic mass is 9.73. The van der Waals surface area contributed by atoms with Gasteiger partial charge in [-0.05, 0) is 67.2 Å². The van der Waals surface area contributed by atoms with E-state index >= 15 is 0 Å². The third-order valence-corrected chi connectivity index (χ3v) is 10.1. The first kappa shape index (κ1) is 34.8. The number of hydrogen-bond donors (Lipinski definition) is 0. The molecule has 6 heteroatoms. The Bertz CT molecular complexity index is 1610. The molecule has 0 aromatic heterocycles. The van der Waals surface area contributed by atoms with E-state index < -0.39 is 36.3 Å². The predicted molar refractivity (Wildman–Crippen MR) is 194 cm³/mol. The fourth-order valence-electron chi connectivity index (χ4n) is 7.75.